The number of urea groups is 1. The van der Waals surface area contributed by atoms with Crippen molar-refractivity contribution in [2.24, 2.45) is 0 Å². The molecular weight excluding hydrogens is 320 g/mol. The zero-order valence-electron chi connectivity index (χ0n) is 13.5. The van der Waals surface area contributed by atoms with Gasteiger partial charge in [-0.15, -0.1) is 0 Å². The Morgan fingerprint density at radius 2 is 2.08 bits per heavy atom. The number of hydrogen-bond acceptors (Lipinski definition) is 4. The van der Waals surface area contributed by atoms with Crippen LogP contribution in [0.1, 0.15) is 12.5 Å². The van der Waals surface area contributed by atoms with Crippen LogP contribution >= 0.6 is 0 Å². The first kappa shape index (κ1) is 17.9. The average molecular weight is 339 g/mol. The molecule has 24 heavy (non-hydrogen) atoms. The van der Waals surface area contributed by atoms with Crippen LogP contribution in [0, 0.1) is 11.6 Å². The summed E-state index contributed by atoms with van der Waals surface area (Å²) in [6.07, 6.45) is 0. The van der Waals surface area contributed by atoms with Gasteiger partial charge in [0.25, 0.3) is 0 Å². The summed E-state index contributed by atoms with van der Waals surface area (Å²) < 4.78 is 31.6. The predicted octanol–water partition coefficient (Wildman–Crippen LogP) is 1.53. The average Bonchev–Trinajstić information content (AvgIpc) is 2.50. The number of carbonyl (C=O) groups is 2. The third-order valence-electron chi connectivity index (χ3n) is 3.46. The Morgan fingerprint density at radius 1 is 1.33 bits per heavy atom. The number of halogens is 2. The van der Waals surface area contributed by atoms with Crippen molar-refractivity contribution in [3.05, 3.63) is 46.7 Å². The van der Waals surface area contributed by atoms with E-state index in [1.807, 2.05) is 0 Å². The first-order valence-electron chi connectivity index (χ1n) is 7.47. The predicted molar refractivity (Wildman–Crippen MR) is 82.9 cm³/mol. The molecule has 2 amide bonds. The van der Waals surface area contributed by atoms with Crippen molar-refractivity contribution in [2.45, 2.75) is 13.5 Å². The molecule has 1 aromatic carbocycles. The standard InChI is InChI=1S/C16H19F2N3O3/c1-3-24-15(22)12-7-19-16(23)20-14(12)9-21(2)8-10-4-5-11(17)6-13(10)18/h4-6H,3,7-9H2,1-2H3,(H2,19,20,23). The van der Waals surface area contributed by atoms with E-state index in [1.54, 1.807) is 18.9 Å². The summed E-state index contributed by atoms with van der Waals surface area (Å²) >= 11 is 0. The minimum absolute atomic E-state index is 0.0682. The fourth-order valence-corrected chi connectivity index (χ4v) is 2.35. The molecule has 2 N–H and O–H groups in total. The van der Waals surface area contributed by atoms with E-state index in [2.05, 4.69) is 10.6 Å². The fourth-order valence-electron chi connectivity index (χ4n) is 2.35. The molecule has 2 rings (SSSR count). The maximum Gasteiger partial charge on any atom is 0.337 e. The molecule has 0 spiro atoms. The van der Waals surface area contributed by atoms with E-state index in [4.69, 9.17) is 4.74 Å². The van der Waals surface area contributed by atoms with Gasteiger partial charge in [0.05, 0.1) is 18.7 Å². The van der Waals surface area contributed by atoms with Gasteiger partial charge in [-0.25, -0.2) is 18.4 Å². The lowest BCUT2D eigenvalue weighted by Crippen LogP contribution is -2.46. The smallest absolute Gasteiger partial charge is 0.337 e. The van der Waals surface area contributed by atoms with Crippen LogP contribution in [-0.4, -0.2) is 43.6 Å². The molecule has 0 fully saturated rings. The lowest BCUT2D eigenvalue weighted by Gasteiger charge is -2.25. The fraction of sp³-hybridized carbons (Fsp3) is 0.375. The molecule has 1 aromatic rings. The van der Waals surface area contributed by atoms with Crippen molar-refractivity contribution in [3.63, 3.8) is 0 Å². The molecule has 0 saturated heterocycles. The molecule has 0 bridgehead atoms. The van der Waals surface area contributed by atoms with Gasteiger partial charge in [0.1, 0.15) is 11.6 Å². The highest BCUT2D eigenvalue weighted by atomic mass is 19.1. The van der Waals surface area contributed by atoms with E-state index < -0.39 is 23.6 Å². The lowest BCUT2D eigenvalue weighted by atomic mass is 10.1. The number of rotatable bonds is 6. The highest BCUT2D eigenvalue weighted by Gasteiger charge is 2.24. The van der Waals surface area contributed by atoms with Crippen molar-refractivity contribution < 1.29 is 23.1 Å². The van der Waals surface area contributed by atoms with Gasteiger partial charge >= 0.3 is 12.0 Å². The second-order valence-electron chi connectivity index (χ2n) is 5.39. The Morgan fingerprint density at radius 3 is 2.75 bits per heavy atom. The van der Waals surface area contributed by atoms with Crippen molar-refractivity contribution in [2.75, 3.05) is 26.7 Å². The molecule has 130 valence electrons. The van der Waals surface area contributed by atoms with Gasteiger partial charge in [0.2, 0.25) is 0 Å². The maximum atomic E-state index is 13.7. The van der Waals surface area contributed by atoms with Gasteiger partial charge in [-0.3, -0.25) is 4.90 Å². The molecule has 8 heteroatoms. The first-order valence-corrected chi connectivity index (χ1v) is 7.47. The maximum absolute atomic E-state index is 13.7. The van der Waals surface area contributed by atoms with Crippen LogP contribution in [0.25, 0.3) is 0 Å². The number of likely N-dealkylation sites (N-methyl/N-ethyl adjacent to an activating group) is 1. The first-order chi connectivity index (χ1) is 11.4. The highest BCUT2D eigenvalue weighted by Crippen LogP contribution is 2.14. The van der Waals surface area contributed by atoms with E-state index in [1.165, 1.54) is 12.1 Å². The normalized spacial score (nSPS) is 14.5. The van der Waals surface area contributed by atoms with Gasteiger partial charge in [0.15, 0.2) is 0 Å². The van der Waals surface area contributed by atoms with Crippen LogP contribution in [0.3, 0.4) is 0 Å². The van der Waals surface area contributed by atoms with Crippen molar-refractivity contribution in [3.8, 4) is 0 Å². The monoisotopic (exact) mass is 339 g/mol. The summed E-state index contributed by atoms with van der Waals surface area (Å²) in [5.41, 5.74) is 1.04. The third kappa shape index (κ3) is 4.51. The molecule has 1 heterocycles. The summed E-state index contributed by atoms with van der Waals surface area (Å²) in [6, 6.07) is 2.95. The van der Waals surface area contributed by atoms with Crippen LogP contribution in [0.4, 0.5) is 13.6 Å². The number of benzene rings is 1. The molecule has 0 radical (unpaired) electrons. The Kier molecular flexibility index (Phi) is 5.86. The molecule has 0 unspecified atom stereocenters. The summed E-state index contributed by atoms with van der Waals surface area (Å²) in [5.74, 6) is -1.80. The minimum atomic E-state index is -0.643. The highest BCUT2D eigenvalue weighted by molar-refractivity contribution is 5.93. The van der Waals surface area contributed by atoms with Gasteiger partial charge in [-0.1, -0.05) is 6.07 Å². The van der Waals surface area contributed by atoms with Crippen molar-refractivity contribution in [1.82, 2.24) is 15.5 Å². The van der Waals surface area contributed by atoms with Gasteiger partial charge in [-0.05, 0) is 20.0 Å². The van der Waals surface area contributed by atoms with E-state index in [0.717, 1.165) is 6.07 Å². The summed E-state index contributed by atoms with van der Waals surface area (Å²) in [4.78, 5) is 25.2. The second-order valence-corrected chi connectivity index (χ2v) is 5.39. The molecule has 6 nitrogen and oxygen atoms in total. The molecule has 0 atom stereocenters. The van der Waals surface area contributed by atoms with E-state index in [9.17, 15) is 18.4 Å². The van der Waals surface area contributed by atoms with Gasteiger partial charge in [-0.2, -0.15) is 0 Å². The van der Waals surface area contributed by atoms with Crippen LogP contribution in [0.5, 0.6) is 0 Å². The van der Waals surface area contributed by atoms with Crippen LogP contribution in [-0.2, 0) is 16.1 Å². The number of hydrogen-bond donors (Lipinski definition) is 2. The van der Waals surface area contributed by atoms with E-state index >= 15 is 0 Å². The van der Waals surface area contributed by atoms with Crippen LogP contribution in [0.2, 0.25) is 0 Å². The van der Waals surface area contributed by atoms with E-state index in [-0.39, 0.29) is 26.2 Å². The Hall–Kier alpha value is -2.48. The van der Waals surface area contributed by atoms with Crippen LogP contribution in [0.15, 0.2) is 29.5 Å². The summed E-state index contributed by atoms with van der Waals surface area (Å²) in [6.45, 7) is 2.38. The Labute approximate surface area is 138 Å². The number of esters is 1. The number of nitrogens with zero attached hydrogens (tertiary/aromatic N) is 1. The minimum Gasteiger partial charge on any atom is -0.463 e. The number of carbonyl (C=O) groups excluding carboxylic acids is 2. The number of ether oxygens (including phenoxy) is 1. The van der Waals surface area contributed by atoms with Crippen molar-refractivity contribution >= 4 is 12.0 Å². The van der Waals surface area contributed by atoms with Gasteiger partial charge in [0, 0.05) is 30.4 Å². The SMILES string of the molecule is CCOC(=O)C1=C(CN(C)Cc2ccc(F)cc2F)NC(=O)NC1. The van der Waals surface area contributed by atoms with Crippen molar-refractivity contribution in [1.29, 1.82) is 0 Å². The second kappa shape index (κ2) is 7.87. The molecule has 0 saturated carbocycles. The summed E-state index contributed by atoms with van der Waals surface area (Å²) in [7, 11) is 1.70. The molecule has 1 aliphatic rings. The molecular formula is C16H19F2N3O3. The van der Waals surface area contributed by atoms with E-state index in [0.29, 0.717) is 16.8 Å². The molecule has 0 aromatic heterocycles. The van der Waals surface area contributed by atoms with Crippen LogP contribution < -0.4 is 10.6 Å². The largest absolute Gasteiger partial charge is 0.463 e. The zero-order chi connectivity index (χ0) is 17.7. The van der Waals surface area contributed by atoms with Gasteiger partial charge < -0.3 is 15.4 Å². The quantitative estimate of drug-likeness (QED) is 0.771. The zero-order valence-corrected chi connectivity index (χ0v) is 13.5. The Bertz CT molecular complexity index is 677. The molecule has 0 aliphatic carbocycles. The molecule has 1 aliphatic heterocycles. The number of nitrogens with one attached hydrogen (secondary N) is 2. The summed E-state index contributed by atoms with van der Waals surface area (Å²) in [5, 5.41) is 5.09. The topological polar surface area (TPSA) is 70.7 Å². The third-order valence-corrected chi connectivity index (χ3v) is 3.46. The lowest BCUT2D eigenvalue weighted by molar-refractivity contribution is -0.138. The number of amides is 2. The Balaban J connectivity index is 2.12.